The number of nitrogens with zero attached hydrogens (tertiary/aromatic N) is 4. The van der Waals surface area contributed by atoms with Crippen molar-refractivity contribution in [3.05, 3.63) is 143 Å². The molecule has 0 spiro atoms. The number of carboxylic acids is 1. The highest BCUT2D eigenvalue weighted by atomic mass is 35.5. The molecule has 0 radical (unpaired) electrons. The molecular weight excluding hydrogens is 827 g/mol. The molecule has 1 saturated carbocycles. The van der Waals surface area contributed by atoms with Crippen LogP contribution in [0.3, 0.4) is 0 Å². The Balaban J connectivity index is 1.20. The first-order valence-electron chi connectivity index (χ1n) is 19.3. The zero-order valence-electron chi connectivity index (χ0n) is 33.8. The van der Waals surface area contributed by atoms with Crippen molar-refractivity contribution in [3.8, 4) is 44.5 Å². The number of pyridine rings is 4. The Kier molecular flexibility index (Phi) is 11.4. The minimum Gasteiger partial charge on any atom is -0.478 e. The maximum atomic E-state index is 14.4. The Morgan fingerprint density at radius 3 is 2.03 bits per heavy atom. The summed E-state index contributed by atoms with van der Waals surface area (Å²) in [5.74, 6) is -1.94. The first-order valence-corrected chi connectivity index (χ1v) is 21.2. The van der Waals surface area contributed by atoms with Crippen molar-refractivity contribution in [3.63, 3.8) is 0 Å². The third-order valence-electron chi connectivity index (χ3n) is 10.5. The second-order valence-electron chi connectivity index (χ2n) is 16.8. The lowest BCUT2D eigenvalue weighted by atomic mass is 9.81. The zero-order chi connectivity index (χ0) is 44.1. The largest absolute Gasteiger partial charge is 0.478 e. The van der Waals surface area contributed by atoms with E-state index < -0.39 is 49.8 Å². The maximum absolute atomic E-state index is 14.4. The van der Waals surface area contributed by atoms with Gasteiger partial charge in [-0.3, -0.25) is 24.7 Å². The fourth-order valence-corrected chi connectivity index (χ4v) is 8.49. The first kappa shape index (κ1) is 43.1. The molecule has 314 valence electrons. The summed E-state index contributed by atoms with van der Waals surface area (Å²) < 4.78 is 69.9. The Morgan fingerprint density at radius 2 is 1.39 bits per heavy atom. The van der Waals surface area contributed by atoms with Gasteiger partial charge in [0, 0.05) is 97.5 Å². The molecule has 10 nitrogen and oxygen atoms in total. The van der Waals surface area contributed by atoms with Crippen molar-refractivity contribution >= 4 is 33.5 Å². The number of alkyl halides is 3. The van der Waals surface area contributed by atoms with Crippen LogP contribution in [0.25, 0.3) is 44.5 Å². The van der Waals surface area contributed by atoms with Crippen molar-refractivity contribution in [2.75, 3.05) is 0 Å². The van der Waals surface area contributed by atoms with Crippen LogP contribution in [-0.4, -0.2) is 50.6 Å². The van der Waals surface area contributed by atoms with Crippen molar-refractivity contribution in [1.29, 1.82) is 0 Å². The molecule has 0 bridgehead atoms. The van der Waals surface area contributed by atoms with E-state index in [9.17, 15) is 36.3 Å². The molecule has 4 heterocycles. The molecule has 1 amide bonds. The molecule has 61 heavy (non-hydrogen) atoms. The van der Waals surface area contributed by atoms with E-state index >= 15 is 0 Å². The van der Waals surface area contributed by atoms with E-state index in [0.717, 1.165) is 16.8 Å². The standard InChI is InChI=1S/C46H41ClF3N5O5S/c1-44(2,3)39-21-30(32-18-37(41(53-25-32)46(48,49)50)26-6-8-27(9-7-26)42(56)55-61(59,60)35-11-12-35)17-34(54-39)22-45(4,5)40-20-28(14-15-52-40)31-16-33(24-51-23-31)36-13-10-29(43(57)58)19-38(36)47/h6-10,13-21,23-25,35H,11-12,22H2,1-5H3,(H,55,56)(H,57,58). The predicted molar refractivity (Wildman–Crippen MR) is 228 cm³/mol. The summed E-state index contributed by atoms with van der Waals surface area (Å²) in [6, 6.07) is 20.7. The number of aromatic nitrogens is 4. The fourth-order valence-electron chi connectivity index (χ4n) is 6.90. The molecule has 0 saturated heterocycles. The highest BCUT2D eigenvalue weighted by Gasteiger charge is 2.38. The number of aromatic carboxylic acids is 1. The molecule has 0 aliphatic heterocycles. The number of carbonyl (C=O) groups excluding carboxylic acids is 1. The average molecular weight is 868 g/mol. The monoisotopic (exact) mass is 867 g/mol. The van der Waals surface area contributed by atoms with Crippen molar-refractivity contribution in [2.45, 2.75) is 76.1 Å². The average Bonchev–Trinajstić information content (AvgIpc) is 4.07. The Labute approximate surface area is 356 Å². The van der Waals surface area contributed by atoms with Crippen LogP contribution in [0.15, 0.2) is 104 Å². The number of carboxylic acid groups (broad SMARTS) is 1. The number of amides is 1. The van der Waals surface area contributed by atoms with E-state index in [1.807, 2.05) is 69.7 Å². The van der Waals surface area contributed by atoms with Gasteiger partial charge in [-0.05, 0) is 90.2 Å². The molecule has 7 rings (SSSR count). The number of rotatable bonds is 11. The van der Waals surface area contributed by atoms with Gasteiger partial charge in [0.05, 0.1) is 10.8 Å². The molecule has 2 N–H and O–H groups in total. The Bertz CT molecular complexity index is 2800. The summed E-state index contributed by atoms with van der Waals surface area (Å²) in [4.78, 5) is 42.2. The minimum atomic E-state index is -4.80. The van der Waals surface area contributed by atoms with Gasteiger partial charge in [-0.15, -0.1) is 0 Å². The first-order chi connectivity index (χ1) is 28.6. The third kappa shape index (κ3) is 9.66. The summed E-state index contributed by atoms with van der Waals surface area (Å²) in [5.41, 5.74) is 3.99. The van der Waals surface area contributed by atoms with Gasteiger partial charge in [0.1, 0.15) is 0 Å². The summed E-state index contributed by atoms with van der Waals surface area (Å²) in [6.45, 7) is 10.1. The van der Waals surface area contributed by atoms with Gasteiger partial charge in [-0.1, -0.05) is 64.4 Å². The molecular formula is C46H41ClF3N5O5S. The van der Waals surface area contributed by atoms with Gasteiger partial charge < -0.3 is 5.11 Å². The topological polar surface area (TPSA) is 152 Å². The SMILES string of the molecule is CC(C)(C)c1cc(-c2cnc(C(F)(F)F)c(-c3ccc(C(=O)NS(=O)(=O)C4CC4)cc3)c2)cc(CC(C)(C)c2cc(-c3cncc(-c4ccc(C(=O)O)cc4Cl)c3)ccn2)n1. The normalized spacial score (nSPS) is 13.5. The molecule has 2 aromatic carbocycles. The summed E-state index contributed by atoms with van der Waals surface area (Å²) in [6.07, 6.45) is 2.81. The quantitative estimate of drug-likeness (QED) is 0.130. The molecule has 0 unspecified atom stereocenters. The van der Waals surface area contributed by atoms with Crippen LogP contribution in [0.4, 0.5) is 13.2 Å². The van der Waals surface area contributed by atoms with E-state index in [1.165, 1.54) is 48.7 Å². The maximum Gasteiger partial charge on any atom is 0.433 e. The molecule has 1 aliphatic rings. The van der Waals surface area contributed by atoms with Crippen LogP contribution in [0.1, 0.15) is 91.0 Å². The summed E-state index contributed by atoms with van der Waals surface area (Å²) in [5, 5.41) is 9.02. The van der Waals surface area contributed by atoms with Crippen LogP contribution in [0.5, 0.6) is 0 Å². The van der Waals surface area contributed by atoms with E-state index in [2.05, 4.69) is 9.97 Å². The smallest absolute Gasteiger partial charge is 0.433 e. The van der Waals surface area contributed by atoms with Crippen LogP contribution in [0.2, 0.25) is 5.02 Å². The van der Waals surface area contributed by atoms with Crippen molar-refractivity contribution < 1.29 is 36.3 Å². The molecule has 15 heteroatoms. The number of hydrogen-bond acceptors (Lipinski definition) is 8. The van der Waals surface area contributed by atoms with Gasteiger partial charge in [-0.25, -0.2) is 17.9 Å². The lowest BCUT2D eigenvalue weighted by Gasteiger charge is -2.26. The molecule has 1 fully saturated rings. The van der Waals surface area contributed by atoms with E-state index in [1.54, 1.807) is 24.7 Å². The van der Waals surface area contributed by atoms with Crippen LogP contribution < -0.4 is 4.72 Å². The van der Waals surface area contributed by atoms with Crippen LogP contribution >= 0.6 is 11.6 Å². The Hall–Kier alpha value is -5.99. The van der Waals surface area contributed by atoms with Gasteiger partial charge in [-0.2, -0.15) is 13.2 Å². The summed E-state index contributed by atoms with van der Waals surface area (Å²) in [7, 11) is -3.82. The minimum absolute atomic E-state index is 0.0122. The number of halogens is 4. The molecule has 4 aromatic heterocycles. The number of hydrogen-bond donors (Lipinski definition) is 2. The lowest BCUT2D eigenvalue weighted by Crippen LogP contribution is -2.33. The van der Waals surface area contributed by atoms with Crippen LogP contribution in [-0.2, 0) is 33.5 Å². The van der Waals surface area contributed by atoms with Gasteiger partial charge >= 0.3 is 12.1 Å². The fraction of sp³-hybridized carbons (Fsp3) is 0.261. The number of benzene rings is 2. The molecule has 6 aromatic rings. The van der Waals surface area contributed by atoms with Crippen LogP contribution in [0, 0.1) is 0 Å². The van der Waals surface area contributed by atoms with E-state index in [0.29, 0.717) is 52.9 Å². The number of sulfonamides is 1. The van der Waals surface area contributed by atoms with Crippen molar-refractivity contribution in [1.82, 2.24) is 24.7 Å². The third-order valence-corrected chi connectivity index (χ3v) is 12.6. The number of nitrogens with one attached hydrogen (secondary N) is 1. The summed E-state index contributed by atoms with van der Waals surface area (Å²) >= 11 is 6.47. The van der Waals surface area contributed by atoms with Gasteiger partial charge in [0.15, 0.2) is 5.69 Å². The van der Waals surface area contributed by atoms with E-state index in [4.69, 9.17) is 21.6 Å². The Morgan fingerprint density at radius 1 is 0.738 bits per heavy atom. The predicted octanol–water partition coefficient (Wildman–Crippen LogP) is 10.3. The highest BCUT2D eigenvalue weighted by Crippen LogP contribution is 2.40. The van der Waals surface area contributed by atoms with Gasteiger partial charge in [0.25, 0.3) is 5.91 Å². The van der Waals surface area contributed by atoms with E-state index in [-0.39, 0.29) is 27.3 Å². The second-order valence-corrected chi connectivity index (χ2v) is 19.2. The molecule has 0 atom stereocenters. The number of carbonyl (C=O) groups is 2. The highest BCUT2D eigenvalue weighted by molar-refractivity contribution is 7.91. The lowest BCUT2D eigenvalue weighted by molar-refractivity contribution is -0.140. The second kappa shape index (κ2) is 16.1. The van der Waals surface area contributed by atoms with Crippen molar-refractivity contribution in [2.24, 2.45) is 0 Å². The zero-order valence-corrected chi connectivity index (χ0v) is 35.4. The van der Waals surface area contributed by atoms with Gasteiger partial charge in [0.2, 0.25) is 10.0 Å². The molecule has 1 aliphatic carbocycles.